The molecule has 18 heavy (non-hydrogen) atoms. The minimum Gasteiger partial charge on any atom is -0.352 e. The lowest BCUT2D eigenvalue weighted by atomic mass is 9.82. The number of hydrogen-bond acceptors (Lipinski definition) is 2. The summed E-state index contributed by atoms with van der Waals surface area (Å²) >= 11 is 3.96. The van der Waals surface area contributed by atoms with Crippen molar-refractivity contribution in [3.05, 3.63) is 29.6 Å². The van der Waals surface area contributed by atoms with Gasteiger partial charge in [0.25, 0.3) is 5.91 Å². The molecular formula is C14H20FNOS. The first-order valence-corrected chi connectivity index (χ1v) is 6.43. The highest BCUT2D eigenvalue weighted by Crippen LogP contribution is 2.24. The molecule has 1 atom stereocenters. The molecule has 0 fully saturated rings. The molecule has 100 valence electrons. The molecule has 1 N–H and O–H groups in total. The predicted octanol–water partition coefficient (Wildman–Crippen LogP) is 3.53. The number of thiol groups is 1. The second-order valence-corrected chi connectivity index (χ2v) is 6.13. The number of carbonyl (C=O) groups is 1. The zero-order valence-electron chi connectivity index (χ0n) is 11.2. The van der Waals surface area contributed by atoms with Crippen molar-refractivity contribution in [1.82, 2.24) is 5.32 Å². The van der Waals surface area contributed by atoms with E-state index < -0.39 is 5.82 Å². The summed E-state index contributed by atoms with van der Waals surface area (Å²) in [5, 5.41) is 2.86. The van der Waals surface area contributed by atoms with Crippen LogP contribution in [0.1, 0.15) is 38.1 Å². The van der Waals surface area contributed by atoms with E-state index in [0.29, 0.717) is 18.0 Å². The molecule has 0 aromatic heterocycles. The summed E-state index contributed by atoms with van der Waals surface area (Å²) in [6.07, 6.45) is 0. The highest BCUT2D eigenvalue weighted by Gasteiger charge is 2.20. The van der Waals surface area contributed by atoms with Crippen LogP contribution in [0.25, 0.3) is 0 Å². The van der Waals surface area contributed by atoms with E-state index in [4.69, 9.17) is 0 Å². The molecule has 1 aromatic rings. The van der Waals surface area contributed by atoms with Crippen LogP contribution < -0.4 is 5.32 Å². The number of benzene rings is 1. The molecule has 0 radical (unpaired) electrons. The van der Waals surface area contributed by atoms with Gasteiger partial charge in [0, 0.05) is 17.0 Å². The molecule has 1 rings (SSSR count). The van der Waals surface area contributed by atoms with Gasteiger partial charge in [-0.2, -0.15) is 0 Å². The molecular weight excluding hydrogens is 249 g/mol. The maximum absolute atomic E-state index is 13.0. The Bertz CT molecular complexity index is 440. The van der Waals surface area contributed by atoms with Crippen molar-refractivity contribution in [2.45, 2.75) is 32.6 Å². The zero-order valence-corrected chi connectivity index (χ0v) is 12.1. The van der Waals surface area contributed by atoms with Gasteiger partial charge >= 0.3 is 0 Å². The second-order valence-electron chi connectivity index (χ2n) is 5.64. The molecule has 2 nitrogen and oxygen atoms in total. The van der Waals surface area contributed by atoms with E-state index in [-0.39, 0.29) is 16.2 Å². The molecule has 0 aliphatic heterocycles. The molecule has 0 aliphatic rings. The summed E-state index contributed by atoms with van der Waals surface area (Å²) < 4.78 is 13.0. The smallest absolute Gasteiger partial charge is 0.251 e. The van der Waals surface area contributed by atoms with Crippen LogP contribution in [-0.2, 0) is 0 Å². The lowest BCUT2D eigenvalue weighted by molar-refractivity contribution is 0.0937. The van der Waals surface area contributed by atoms with E-state index >= 15 is 0 Å². The summed E-state index contributed by atoms with van der Waals surface area (Å²) in [6, 6.07) is 4.16. The lowest BCUT2D eigenvalue weighted by Crippen LogP contribution is -2.33. The third-order valence-corrected chi connectivity index (χ3v) is 3.60. The van der Waals surface area contributed by atoms with Crippen LogP contribution in [-0.4, -0.2) is 12.5 Å². The highest BCUT2D eigenvalue weighted by molar-refractivity contribution is 7.80. The number of amides is 1. The SMILES string of the molecule is CC(CNC(=O)c1ccc(F)c(S)c1)C(C)(C)C. The van der Waals surface area contributed by atoms with E-state index in [1.807, 2.05) is 0 Å². The van der Waals surface area contributed by atoms with Crippen LogP contribution in [0.15, 0.2) is 23.1 Å². The Morgan fingerprint density at radius 1 is 1.44 bits per heavy atom. The van der Waals surface area contributed by atoms with E-state index in [0.717, 1.165) is 0 Å². The van der Waals surface area contributed by atoms with Crippen LogP contribution >= 0.6 is 12.6 Å². The van der Waals surface area contributed by atoms with Gasteiger partial charge in [0.05, 0.1) is 0 Å². The van der Waals surface area contributed by atoms with Gasteiger partial charge in [-0.05, 0) is 29.5 Å². The zero-order chi connectivity index (χ0) is 13.9. The largest absolute Gasteiger partial charge is 0.352 e. The summed E-state index contributed by atoms with van der Waals surface area (Å²) in [6.45, 7) is 9.09. The van der Waals surface area contributed by atoms with E-state index in [1.165, 1.54) is 18.2 Å². The fourth-order valence-corrected chi connectivity index (χ4v) is 1.52. The van der Waals surface area contributed by atoms with Crippen molar-refractivity contribution in [1.29, 1.82) is 0 Å². The Morgan fingerprint density at radius 2 is 2.06 bits per heavy atom. The molecule has 0 bridgehead atoms. The minimum absolute atomic E-state index is 0.144. The van der Waals surface area contributed by atoms with Gasteiger partial charge < -0.3 is 5.32 Å². The monoisotopic (exact) mass is 269 g/mol. The Labute approximate surface area is 113 Å². The minimum atomic E-state index is -0.419. The number of nitrogens with one attached hydrogen (secondary N) is 1. The Kier molecular flexibility index (Phi) is 4.79. The number of carbonyl (C=O) groups excluding carboxylic acids is 1. The second kappa shape index (κ2) is 5.74. The Balaban J connectivity index is 2.63. The Hall–Kier alpha value is -1.03. The molecule has 0 spiro atoms. The summed E-state index contributed by atoms with van der Waals surface area (Å²) in [5.74, 6) is -0.253. The van der Waals surface area contributed by atoms with Gasteiger partial charge in [0.15, 0.2) is 0 Å². The molecule has 0 heterocycles. The molecule has 1 unspecified atom stereocenters. The first-order valence-electron chi connectivity index (χ1n) is 5.98. The average Bonchev–Trinajstić information content (AvgIpc) is 2.27. The number of hydrogen-bond donors (Lipinski definition) is 2. The van der Waals surface area contributed by atoms with Crippen LogP contribution in [0.4, 0.5) is 4.39 Å². The third-order valence-electron chi connectivity index (χ3n) is 3.26. The van der Waals surface area contributed by atoms with Gasteiger partial charge in [-0.3, -0.25) is 4.79 Å². The van der Waals surface area contributed by atoms with E-state index in [2.05, 4.69) is 45.6 Å². The summed E-state index contributed by atoms with van der Waals surface area (Å²) in [7, 11) is 0. The van der Waals surface area contributed by atoms with Crippen molar-refractivity contribution in [2.75, 3.05) is 6.54 Å². The molecule has 1 aromatic carbocycles. The van der Waals surface area contributed by atoms with Gasteiger partial charge in [0.1, 0.15) is 5.82 Å². The fraction of sp³-hybridized carbons (Fsp3) is 0.500. The highest BCUT2D eigenvalue weighted by atomic mass is 32.1. The van der Waals surface area contributed by atoms with Crippen molar-refractivity contribution in [3.63, 3.8) is 0 Å². The molecule has 4 heteroatoms. The first-order chi connectivity index (χ1) is 8.21. The summed E-state index contributed by atoms with van der Waals surface area (Å²) in [4.78, 5) is 12.1. The van der Waals surface area contributed by atoms with Crippen molar-refractivity contribution >= 4 is 18.5 Å². The normalized spacial score (nSPS) is 13.2. The number of halogens is 1. The van der Waals surface area contributed by atoms with Crippen LogP contribution in [0.5, 0.6) is 0 Å². The standard InChI is InChI=1S/C14H20FNOS/c1-9(14(2,3)4)8-16-13(17)10-5-6-11(15)12(18)7-10/h5-7,9,18H,8H2,1-4H3,(H,16,17). The fourth-order valence-electron chi connectivity index (χ4n) is 1.31. The van der Waals surface area contributed by atoms with Gasteiger partial charge in [-0.25, -0.2) is 4.39 Å². The average molecular weight is 269 g/mol. The van der Waals surface area contributed by atoms with Gasteiger partial charge in [0.2, 0.25) is 0 Å². The summed E-state index contributed by atoms with van der Waals surface area (Å²) in [5.41, 5.74) is 0.577. The molecule has 0 saturated heterocycles. The maximum Gasteiger partial charge on any atom is 0.251 e. The van der Waals surface area contributed by atoms with E-state index in [1.54, 1.807) is 0 Å². The third kappa shape index (κ3) is 4.02. The van der Waals surface area contributed by atoms with Crippen molar-refractivity contribution in [2.24, 2.45) is 11.3 Å². The molecule has 0 aliphatic carbocycles. The van der Waals surface area contributed by atoms with Crippen molar-refractivity contribution < 1.29 is 9.18 Å². The Morgan fingerprint density at radius 3 is 2.56 bits per heavy atom. The quantitative estimate of drug-likeness (QED) is 0.808. The molecule has 0 saturated carbocycles. The van der Waals surface area contributed by atoms with Crippen LogP contribution in [0.2, 0.25) is 0 Å². The van der Waals surface area contributed by atoms with Gasteiger partial charge in [-0.15, -0.1) is 12.6 Å². The van der Waals surface area contributed by atoms with Crippen LogP contribution in [0, 0.1) is 17.2 Å². The molecule has 1 amide bonds. The lowest BCUT2D eigenvalue weighted by Gasteiger charge is -2.27. The van der Waals surface area contributed by atoms with Crippen LogP contribution in [0.3, 0.4) is 0 Å². The first kappa shape index (κ1) is 15.0. The topological polar surface area (TPSA) is 29.1 Å². The number of rotatable bonds is 3. The van der Waals surface area contributed by atoms with Gasteiger partial charge in [-0.1, -0.05) is 27.7 Å². The van der Waals surface area contributed by atoms with E-state index in [9.17, 15) is 9.18 Å². The maximum atomic E-state index is 13.0. The van der Waals surface area contributed by atoms with Crippen molar-refractivity contribution in [3.8, 4) is 0 Å². The predicted molar refractivity (Wildman–Crippen MR) is 74.6 cm³/mol.